The molecule has 6 unspecified atom stereocenters. The van der Waals surface area contributed by atoms with Gasteiger partial charge in [-0.15, -0.1) is 0 Å². The van der Waals surface area contributed by atoms with Gasteiger partial charge in [0.15, 0.2) is 11.5 Å². The van der Waals surface area contributed by atoms with Crippen LogP contribution in [-0.2, 0) is 62.7 Å². The van der Waals surface area contributed by atoms with Gasteiger partial charge in [-0.05, 0) is 19.4 Å². The Morgan fingerprint density at radius 2 is 1.27 bits per heavy atom. The number of phosphoric acid groups is 6. The third-order valence-electron chi connectivity index (χ3n) is 5.69. The van der Waals surface area contributed by atoms with Gasteiger partial charge in [-0.2, -0.15) is 21.6 Å². The highest BCUT2D eigenvalue weighted by Gasteiger charge is 2.50. The van der Waals surface area contributed by atoms with Crippen molar-refractivity contribution in [2.45, 2.75) is 50.5 Å². The zero-order chi connectivity index (χ0) is 36.9. The Kier molecular flexibility index (Phi) is 14.6. The van der Waals surface area contributed by atoms with Gasteiger partial charge in [0.2, 0.25) is 0 Å². The summed E-state index contributed by atoms with van der Waals surface area (Å²) in [5, 5.41) is 10.3. The minimum atomic E-state index is -6.42. The van der Waals surface area contributed by atoms with E-state index in [0.717, 1.165) is 6.33 Å². The van der Waals surface area contributed by atoms with Crippen LogP contribution >= 0.6 is 46.9 Å². The van der Waals surface area contributed by atoms with E-state index >= 15 is 0 Å². The molecule has 3 rings (SSSR count). The predicted molar refractivity (Wildman–Crippen MR) is 158 cm³/mol. The molecule has 9 atom stereocenters. The molecule has 1 saturated heterocycles. The third kappa shape index (κ3) is 13.9. The maximum atomic E-state index is 12.3. The van der Waals surface area contributed by atoms with E-state index in [-0.39, 0.29) is 29.8 Å². The van der Waals surface area contributed by atoms with Gasteiger partial charge in [-0.3, -0.25) is 13.6 Å². The summed E-state index contributed by atoms with van der Waals surface area (Å²) >= 11 is 0. The number of hydrogen-bond acceptors (Lipinski definition) is 20. The van der Waals surface area contributed by atoms with Crippen molar-refractivity contribution < 1.29 is 97.2 Å². The van der Waals surface area contributed by atoms with Gasteiger partial charge < -0.3 is 50.7 Å². The maximum Gasteiger partial charge on any atom is 0.490 e. The van der Waals surface area contributed by atoms with Crippen molar-refractivity contribution in [3.05, 3.63) is 12.7 Å². The molecule has 11 N–H and O–H groups in total. The number of aromatic nitrogens is 4. The van der Waals surface area contributed by atoms with Crippen LogP contribution < -0.4 is 11.5 Å². The highest BCUT2D eigenvalue weighted by atomic mass is 31.3. The lowest BCUT2D eigenvalue weighted by atomic mass is 10.2. The molecule has 2 aromatic heterocycles. The van der Waals surface area contributed by atoms with Crippen molar-refractivity contribution in [2.75, 3.05) is 25.5 Å². The van der Waals surface area contributed by atoms with Crippen molar-refractivity contribution in [1.82, 2.24) is 19.5 Å². The number of rotatable bonds is 21. The van der Waals surface area contributed by atoms with E-state index in [1.54, 1.807) is 0 Å². The Balaban J connectivity index is 1.52. The number of hydrogen-bond donors (Lipinski definition) is 9. The molecule has 0 aromatic carbocycles. The van der Waals surface area contributed by atoms with Crippen LogP contribution in [-0.4, -0.2) is 86.0 Å². The van der Waals surface area contributed by atoms with Gasteiger partial charge in [-0.25, -0.2) is 42.3 Å². The number of aliphatic hydroxyl groups excluding tert-OH is 1. The molecule has 0 amide bonds. The lowest BCUT2D eigenvalue weighted by molar-refractivity contribution is -0.0423. The largest absolute Gasteiger partial charge is 0.490 e. The molecule has 27 nitrogen and oxygen atoms in total. The topological polar surface area (TPSA) is 414 Å². The summed E-state index contributed by atoms with van der Waals surface area (Å²) in [7, 11) is -36.4. The number of unbranched alkanes of at least 4 members (excludes halogenated alkanes) is 3. The van der Waals surface area contributed by atoms with Gasteiger partial charge in [0.25, 0.3) is 0 Å². The van der Waals surface area contributed by atoms with Crippen molar-refractivity contribution in [2.24, 2.45) is 5.73 Å². The van der Waals surface area contributed by atoms with Crippen molar-refractivity contribution in [3.8, 4) is 0 Å². The smallest absolute Gasteiger partial charge is 0.390 e. The van der Waals surface area contributed by atoms with E-state index in [9.17, 15) is 61.9 Å². The zero-order valence-electron chi connectivity index (χ0n) is 24.5. The standard InChI is InChI=1S/C16H32N6O21P6/c17-5-3-1-2-4-6-36-44(24,25)39-46(28,29)41-48(32,33)43-49(34,35)42-47(30,31)40-45(26,27)37-8-12-11(23)7-13(38-12)22-10-21-14-15(18)19-9-20-16(14)22/h9-13,23H,1-8,17H2,(H,24,25)(H,26,27)(H,28,29)(H,30,31)(H,32,33)(H,34,35)(H2,18,19,20)/t11-,12-,13-/m1/s1. The number of ether oxygens (including phenoxy) is 1. The minimum absolute atomic E-state index is 0.0467. The summed E-state index contributed by atoms with van der Waals surface area (Å²) in [5.74, 6) is 0.0467. The Morgan fingerprint density at radius 1 is 0.755 bits per heavy atom. The molecule has 3 heterocycles. The molecule has 0 aliphatic carbocycles. The predicted octanol–water partition coefficient (Wildman–Crippen LogP) is 1.29. The van der Waals surface area contributed by atoms with Gasteiger partial charge in [-0.1, -0.05) is 12.8 Å². The molecular formula is C16H32N6O21P6. The first kappa shape index (κ1) is 42.5. The lowest BCUT2D eigenvalue weighted by Crippen LogP contribution is -2.26. The van der Waals surface area contributed by atoms with Crippen molar-refractivity contribution in [3.63, 3.8) is 0 Å². The van der Waals surface area contributed by atoms with Gasteiger partial charge in [0.1, 0.15) is 24.2 Å². The molecule has 0 saturated carbocycles. The first-order chi connectivity index (χ1) is 22.4. The SMILES string of the molecule is NCCCCCCOP(=O)(O)OP(=O)(O)OP(=O)(O)OP(=O)(O)OP(=O)(O)OP(=O)(O)OC[C@H]1O[C@@H](n2cnc3c(N)ncnc32)C[C@H]1O. The first-order valence-corrected chi connectivity index (χ1v) is 22.2. The van der Waals surface area contributed by atoms with Crippen LogP contribution in [0.3, 0.4) is 0 Å². The summed E-state index contributed by atoms with van der Waals surface area (Å²) in [4.78, 5) is 69.6. The van der Waals surface area contributed by atoms with Gasteiger partial charge >= 0.3 is 46.9 Å². The van der Waals surface area contributed by atoms with E-state index in [4.69, 9.17) is 16.2 Å². The molecular weight excluding hydrogens is 798 g/mol. The highest BCUT2D eigenvalue weighted by Crippen LogP contribution is 2.75. The Hall–Kier alpha value is -0.910. The van der Waals surface area contributed by atoms with Gasteiger partial charge in [0.05, 0.1) is 25.6 Å². The number of nitrogen functional groups attached to an aromatic ring is 1. The van der Waals surface area contributed by atoms with Crippen molar-refractivity contribution in [1.29, 1.82) is 0 Å². The fraction of sp³-hybridized carbons (Fsp3) is 0.688. The summed E-state index contributed by atoms with van der Waals surface area (Å²) in [5.41, 5.74) is 11.5. The quantitative estimate of drug-likeness (QED) is 0.0632. The monoisotopic (exact) mass is 830 g/mol. The molecule has 282 valence electrons. The fourth-order valence-electron chi connectivity index (χ4n) is 3.82. The molecule has 0 radical (unpaired) electrons. The second-order valence-corrected chi connectivity index (χ2v) is 19.0. The van der Waals surface area contributed by atoms with Gasteiger partial charge in [0, 0.05) is 6.42 Å². The second kappa shape index (κ2) is 16.8. The third-order valence-corrected chi connectivity index (χ3v) is 14.9. The number of nitrogens with two attached hydrogens (primary N) is 2. The molecule has 0 spiro atoms. The Bertz CT molecular complexity index is 1740. The Labute approximate surface area is 275 Å². The summed E-state index contributed by atoms with van der Waals surface area (Å²) in [6, 6.07) is 0. The van der Waals surface area contributed by atoms with E-state index in [1.165, 1.54) is 10.9 Å². The minimum Gasteiger partial charge on any atom is -0.390 e. The van der Waals surface area contributed by atoms with Crippen LogP contribution in [0.2, 0.25) is 0 Å². The molecule has 49 heavy (non-hydrogen) atoms. The molecule has 1 fully saturated rings. The van der Waals surface area contributed by atoms with Crippen LogP contribution in [0.1, 0.15) is 38.3 Å². The van der Waals surface area contributed by atoms with Crippen LogP contribution in [0.5, 0.6) is 0 Å². The normalized spacial score (nSPS) is 25.8. The number of aliphatic hydroxyl groups is 1. The lowest BCUT2D eigenvalue weighted by Gasteiger charge is -2.21. The second-order valence-electron chi connectivity index (χ2n) is 9.57. The number of anilines is 1. The number of nitrogens with zero attached hydrogens (tertiary/aromatic N) is 4. The molecule has 2 aromatic rings. The average molecular weight is 830 g/mol. The van der Waals surface area contributed by atoms with E-state index in [2.05, 4.69) is 45.6 Å². The van der Waals surface area contributed by atoms with Crippen LogP contribution in [0.25, 0.3) is 11.2 Å². The highest BCUT2D eigenvalue weighted by molar-refractivity contribution is 7.72. The maximum absolute atomic E-state index is 12.3. The Morgan fingerprint density at radius 3 is 1.82 bits per heavy atom. The van der Waals surface area contributed by atoms with Crippen LogP contribution in [0.4, 0.5) is 5.82 Å². The zero-order valence-corrected chi connectivity index (χ0v) is 29.9. The van der Waals surface area contributed by atoms with E-state index in [0.29, 0.717) is 25.8 Å². The van der Waals surface area contributed by atoms with E-state index in [1.807, 2.05) is 0 Å². The van der Waals surface area contributed by atoms with Crippen LogP contribution in [0.15, 0.2) is 12.7 Å². The molecule has 33 heteroatoms. The summed E-state index contributed by atoms with van der Waals surface area (Å²) in [6.45, 7) is -1.09. The number of imidazole rings is 1. The number of phosphoric ester groups is 2. The van der Waals surface area contributed by atoms with E-state index < -0.39 is 78.6 Å². The van der Waals surface area contributed by atoms with Crippen molar-refractivity contribution >= 4 is 63.9 Å². The van der Waals surface area contributed by atoms with Crippen LogP contribution in [0, 0.1) is 0 Å². The summed E-state index contributed by atoms with van der Waals surface area (Å²) in [6.07, 6.45) is 0.461. The molecule has 0 bridgehead atoms. The fourth-order valence-corrected chi connectivity index (χ4v) is 11.7. The molecule has 1 aliphatic rings. The number of fused-ring (bicyclic) bond motifs is 1. The summed E-state index contributed by atoms with van der Waals surface area (Å²) < 4.78 is 106. The molecule has 1 aliphatic heterocycles. The first-order valence-electron chi connectivity index (χ1n) is 13.2. The average Bonchev–Trinajstić information content (AvgIpc) is 3.50.